The first-order valence-electron chi connectivity index (χ1n) is 7.27. The van der Waals surface area contributed by atoms with Crippen LogP contribution in [0.2, 0.25) is 0 Å². The van der Waals surface area contributed by atoms with Gasteiger partial charge in [0.05, 0.1) is 6.07 Å². The van der Waals surface area contributed by atoms with E-state index in [1.165, 1.54) is 38.5 Å². The molecule has 0 aliphatic heterocycles. The van der Waals surface area contributed by atoms with Gasteiger partial charge < -0.3 is 5.73 Å². The highest BCUT2D eigenvalue weighted by molar-refractivity contribution is 5.03. The van der Waals surface area contributed by atoms with Crippen molar-refractivity contribution in [2.24, 2.45) is 35.3 Å². The number of nitriles is 1. The summed E-state index contributed by atoms with van der Waals surface area (Å²) in [6.45, 7) is 1.88. The second-order valence-electron chi connectivity index (χ2n) is 7.16. The minimum atomic E-state index is -0.603. The fraction of sp³-hybridized carbons (Fsp3) is 0.933. The first kappa shape index (κ1) is 11.5. The molecule has 4 rings (SSSR count). The molecule has 0 saturated heterocycles. The maximum absolute atomic E-state index is 9.00. The summed E-state index contributed by atoms with van der Waals surface area (Å²) in [6.07, 6.45) is 9.51. The average molecular weight is 232 g/mol. The van der Waals surface area contributed by atoms with Crippen molar-refractivity contribution < 1.29 is 0 Å². The standard InChI is InChI=1S/C15H24N2/c1-15(17,9-16)3-2-14-12-5-10-4-11(7-12)8-13(14)6-10/h10-14H,2-8,17H2,1H3. The molecule has 0 spiro atoms. The third-order valence-corrected chi connectivity index (χ3v) is 5.67. The lowest BCUT2D eigenvalue weighted by molar-refractivity contribution is -0.0413. The van der Waals surface area contributed by atoms with E-state index in [9.17, 15) is 0 Å². The lowest BCUT2D eigenvalue weighted by atomic mass is 9.51. The molecule has 0 aromatic rings. The molecule has 2 heteroatoms. The zero-order valence-electron chi connectivity index (χ0n) is 10.9. The number of nitrogens with two attached hydrogens (primary N) is 1. The molecule has 4 bridgehead atoms. The fourth-order valence-corrected chi connectivity index (χ4v) is 5.03. The van der Waals surface area contributed by atoms with E-state index in [2.05, 4.69) is 6.07 Å². The third kappa shape index (κ3) is 2.10. The molecule has 94 valence electrons. The van der Waals surface area contributed by atoms with Gasteiger partial charge in [-0.25, -0.2) is 0 Å². The summed E-state index contributed by atoms with van der Waals surface area (Å²) in [5, 5.41) is 9.00. The summed E-state index contributed by atoms with van der Waals surface area (Å²) in [7, 11) is 0. The van der Waals surface area contributed by atoms with Crippen molar-refractivity contribution in [1.29, 1.82) is 5.26 Å². The normalized spacial score (nSPS) is 46.5. The number of nitrogens with zero attached hydrogens (tertiary/aromatic N) is 1. The van der Waals surface area contributed by atoms with E-state index in [1.54, 1.807) is 0 Å². The van der Waals surface area contributed by atoms with E-state index in [0.29, 0.717) is 0 Å². The maximum Gasteiger partial charge on any atom is 0.101 e. The molecule has 4 aliphatic rings. The molecule has 4 fully saturated rings. The van der Waals surface area contributed by atoms with Crippen LogP contribution in [0, 0.1) is 40.9 Å². The van der Waals surface area contributed by atoms with Gasteiger partial charge >= 0.3 is 0 Å². The van der Waals surface area contributed by atoms with E-state index in [1.807, 2.05) is 6.92 Å². The lowest BCUT2D eigenvalue weighted by Crippen LogP contribution is -2.46. The first-order chi connectivity index (χ1) is 8.07. The van der Waals surface area contributed by atoms with Crippen LogP contribution in [0.15, 0.2) is 0 Å². The zero-order valence-corrected chi connectivity index (χ0v) is 10.9. The molecule has 0 amide bonds. The molecule has 1 unspecified atom stereocenters. The SMILES string of the molecule is CC(N)(C#N)CCC1C2CC3CC(C2)CC1C3. The highest BCUT2D eigenvalue weighted by Crippen LogP contribution is 2.57. The Bertz CT molecular complexity index is 311. The molecule has 1 atom stereocenters. The van der Waals surface area contributed by atoms with E-state index in [-0.39, 0.29) is 0 Å². The van der Waals surface area contributed by atoms with E-state index in [0.717, 1.165) is 36.0 Å². The molecule has 0 radical (unpaired) electrons. The minimum Gasteiger partial charge on any atom is -0.314 e. The second kappa shape index (κ2) is 3.99. The molecular weight excluding hydrogens is 208 g/mol. The Hall–Kier alpha value is -0.550. The molecule has 2 nitrogen and oxygen atoms in total. The summed E-state index contributed by atoms with van der Waals surface area (Å²) in [6, 6.07) is 2.24. The van der Waals surface area contributed by atoms with Gasteiger partial charge in [-0.1, -0.05) is 0 Å². The van der Waals surface area contributed by atoms with Crippen LogP contribution in [0.4, 0.5) is 0 Å². The minimum absolute atomic E-state index is 0.603. The number of hydrogen-bond acceptors (Lipinski definition) is 2. The molecular formula is C15H24N2. The Morgan fingerprint density at radius 2 is 1.65 bits per heavy atom. The van der Waals surface area contributed by atoms with Gasteiger partial charge in [0.2, 0.25) is 0 Å². The first-order valence-corrected chi connectivity index (χ1v) is 7.27. The predicted octanol–water partition coefficient (Wildman–Crippen LogP) is 3.08. The molecule has 4 aliphatic carbocycles. The van der Waals surface area contributed by atoms with Crippen molar-refractivity contribution in [2.75, 3.05) is 0 Å². The van der Waals surface area contributed by atoms with Gasteiger partial charge in [-0.3, -0.25) is 0 Å². The van der Waals surface area contributed by atoms with Crippen LogP contribution in [0.3, 0.4) is 0 Å². The van der Waals surface area contributed by atoms with Crippen LogP contribution in [0.25, 0.3) is 0 Å². The summed E-state index contributed by atoms with van der Waals surface area (Å²) in [4.78, 5) is 0. The fourth-order valence-electron chi connectivity index (χ4n) is 5.03. The molecule has 4 saturated carbocycles. The van der Waals surface area contributed by atoms with E-state index in [4.69, 9.17) is 11.0 Å². The van der Waals surface area contributed by atoms with Gasteiger partial charge in [0.1, 0.15) is 5.54 Å². The third-order valence-electron chi connectivity index (χ3n) is 5.67. The molecule has 17 heavy (non-hydrogen) atoms. The van der Waals surface area contributed by atoms with Gasteiger partial charge in [-0.15, -0.1) is 0 Å². The Balaban J connectivity index is 1.63. The van der Waals surface area contributed by atoms with E-state index >= 15 is 0 Å². The molecule has 2 N–H and O–H groups in total. The van der Waals surface area contributed by atoms with Crippen molar-refractivity contribution in [3.8, 4) is 6.07 Å². The molecule has 0 heterocycles. The van der Waals surface area contributed by atoms with Crippen molar-refractivity contribution in [3.05, 3.63) is 0 Å². The quantitative estimate of drug-likeness (QED) is 0.813. The van der Waals surface area contributed by atoms with Crippen LogP contribution in [0.5, 0.6) is 0 Å². The van der Waals surface area contributed by atoms with Gasteiger partial charge in [0, 0.05) is 0 Å². The van der Waals surface area contributed by atoms with Gasteiger partial charge in [0.25, 0.3) is 0 Å². The highest BCUT2D eigenvalue weighted by Gasteiger charge is 2.47. The van der Waals surface area contributed by atoms with Crippen LogP contribution in [0.1, 0.15) is 51.9 Å². The topological polar surface area (TPSA) is 49.8 Å². The smallest absolute Gasteiger partial charge is 0.101 e. The Morgan fingerprint density at radius 3 is 2.12 bits per heavy atom. The number of hydrogen-bond donors (Lipinski definition) is 1. The van der Waals surface area contributed by atoms with Crippen LogP contribution in [-0.4, -0.2) is 5.54 Å². The maximum atomic E-state index is 9.00. The highest BCUT2D eigenvalue weighted by atomic mass is 14.7. The second-order valence-corrected chi connectivity index (χ2v) is 7.16. The van der Waals surface area contributed by atoms with Gasteiger partial charge in [-0.05, 0) is 81.5 Å². The lowest BCUT2D eigenvalue weighted by Gasteiger charge is -2.54. The predicted molar refractivity (Wildman–Crippen MR) is 68.0 cm³/mol. The Morgan fingerprint density at radius 1 is 1.12 bits per heavy atom. The van der Waals surface area contributed by atoms with Gasteiger partial charge in [-0.2, -0.15) is 5.26 Å². The summed E-state index contributed by atoms with van der Waals surface area (Å²) in [5.41, 5.74) is 5.36. The average Bonchev–Trinajstić information content (AvgIpc) is 2.27. The molecule has 0 aromatic heterocycles. The largest absolute Gasteiger partial charge is 0.314 e. The summed E-state index contributed by atoms with van der Waals surface area (Å²) < 4.78 is 0. The van der Waals surface area contributed by atoms with Gasteiger partial charge in [0.15, 0.2) is 0 Å². The van der Waals surface area contributed by atoms with Crippen molar-refractivity contribution in [2.45, 2.75) is 57.4 Å². The van der Waals surface area contributed by atoms with E-state index < -0.39 is 5.54 Å². The monoisotopic (exact) mass is 232 g/mol. The van der Waals surface area contributed by atoms with Crippen LogP contribution >= 0.6 is 0 Å². The summed E-state index contributed by atoms with van der Waals surface area (Å²) in [5.74, 6) is 4.93. The van der Waals surface area contributed by atoms with Crippen LogP contribution < -0.4 is 5.73 Å². The van der Waals surface area contributed by atoms with Crippen LogP contribution in [-0.2, 0) is 0 Å². The Kier molecular flexibility index (Phi) is 2.70. The summed E-state index contributed by atoms with van der Waals surface area (Å²) >= 11 is 0. The number of rotatable bonds is 3. The van der Waals surface area contributed by atoms with Crippen molar-refractivity contribution in [1.82, 2.24) is 0 Å². The van der Waals surface area contributed by atoms with Crippen molar-refractivity contribution in [3.63, 3.8) is 0 Å². The zero-order chi connectivity index (χ0) is 12.0. The van der Waals surface area contributed by atoms with Crippen molar-refractivity contribution >= 4 is 0 Å². The molecule has 0 aromatic carbocycles. The Labute approximate surface area is 105 Å².